The van der Waals surface area contributed by atoms with E-state index in [4.69, 9.17) is 4.74 Å². The standard InChI is InChI=1S/C18H21N5O4S2/c1-12-4-6-14(7-5-12)29(25,26)19-11-10-16-21-20-15-8-9-17(22-23(15)16)28-13(2)18(24)27-3/h4-9,13,19H,10-11H2,1-3H3/t13-/m1/s1. The number of esters is 1. The van der Waals surface area contributed by atoms with Gasteiger partial charge in [0, 0.05) is 13.0 Å². The highest BCUT2D eigenvalue weighted by molar-refractivity contribution is 8.00. The Kier molecular flexibility index (Phi) is 6.50. The molecule has 0 radical (unpaired) electrons. The monoisotopic (exact) mass is 435 g/mol. The molecule has 0 amide bonds. The summed E-state index contributed by atoms with van der Waals surface area (Å²) in [5, 5.41) is 12.8. The third-order valence-electron chi connectivity index (χ3n) is 4.11. The fourth-order valence-corrected chi connectivity index (χ4v) is 4.39. The number of carbonyl (C=O) groups excluding carboxylic acids is 1. The minimum atomic E-state index is -3.60. The van der Waals surface area contributed by atoms with Crippen LogP contribution in [0.2, 0.25) is 0 Å². The van der Waals surface area contributed by atoms with Crippen LogP contribution >= 0.6 is 11.8 Å². The summed E-state index contributed by atoms with van der Waals surface area (Å²) in [5.41, 5.74) is 1.52. The molecule has 1 atom stereocenters. The minimum absolute atomic E-state index is 0.147. The zero-order valence-electron chi connectivity index (χ0n) is 16.2. The average molecular weight is 436 g/mol. The number of aromatic nitrogens is 4. The summed E-state index contributed by atoms with van der Waals surface area (Å²) in [6.45, 7) is 3.77. The lowest BCUT2D eigenvalue weighted by molar-refractivity contribution is -0.139. The van der Waals surface area contributed by atoms with Crippen molar-refractivity contribution >= 4 is 33.4 Å². The second-order valence-corrected chi connectivity index (χ2v) is 9.43. The van der Waals surface area contributed by atoms with Gasteiger partial charge in [0.25, 0.3) is 0 Å². The highest BCUT2D eigenvalue weighted by Crippen LogP contribution is 2.22. The molecule has 154 valence electrons. The molecule has 0 unspecified atom stereocenters. The molecule has 11 heteroatoms. The minimum Gasteiger partial charge on any atom is -0.468 e. The number of thioether (sulfide) groups is 1. The first-order valence-corrected chi connectivity index (χ1v) is 11.2. The average Bonchev–Trinajstić information content (AvgIpc) is 3.10. The molecule has 0 bridgehead atoms. The number of aryl methyl sites for hydroxylation is 1. The highest BCUT2D eigenvalue weighted by atomic mass is 32.2. The largest absolute Gasteiger partial charge is 0.468 e. The smallest absolute Gasteiger partial charge is 0.318 e. The van der Waals surface area contributed by atoms with Crippen molar-refractivity contribution in [1.29, 1.82) is 0 Å². The summed E-state index contributed by atoms with van der Waals surface area (Å²) in [6, 6.07) is 10.1. The Hall–Kier alpha value is -2.50. The first-order chi connectivity index (χ1) is 13.8. The third kappa shape index (κ3) is 5.11. The molecule has 0 aliphatic carbocycles. The zero-order chi connectivity index (χ0) is 21.0. The van der Waals surface area contributed by atoms with Gasteiger partial charge in [0.05, 0.1) is 12.0 Å². The molecule has 2 aromatic heterocycles. The van der Waals surface area contributed by atoms with Crippen LogP contribution in [0, 0.1) is 6.92 Å². The van der Waals surface area contributed by atoms with E-state index in [-0.39, 0.29) is 17.4 Å². The molecule has 9 nitrogen and oxygen atoms in total. The number of rotatable bonds is 8. The van der Waals surface area contributed by atoms with Gasteiger partial charge in [0.1, 0.15) is 10.3 Å². The topological polar surface area (TPSA) is 116 Å². The van der Waals surface area contributed by atoms with E-state index in [1.54, 1.807) is 47.8 Å². The van der Waals surface area contributed by atoms with Gasteiger partial charge in [0.2, 0.25) is 10.0 Å². The second kappa shape index (κ2) is 8.89. The van der Waals surface area contributed by atoms with Gasteiger partial charge in [-0.25, -0.2) is 13.1 Å². The molecule has 1 aromatic carbocycles. The van der Waals surface area contributed by atoms with E-state index in [0.717, 1.165) is 5.56 Å². The van der Waals surface area contributed by atoms with E-state index in [0.29, 0.717) is 22.9 Å². The summed E-state index contributed by atoms with van der Waals surface area (Å²) < 4.78 is 33.6. The quantitative estimate of drug-likeness (QED) is 0.419. The predicted octanol–water partition coefficient (Wildman–Crippen LogP) is 1.61. The maximum absolute atomic E-state index is 12.4. The SMILES string of the molecule is COC(=O)[C@@H](C)Sc1ccc2nnc(CCNS(=O)(=O)c3ccc(C)cc3)n2n1. The summed E-state index contributed by atoms with van der Waals surface area (Å²) in [7, 11) is -2.26. The number of benzene rings is 1. The van der Waals surface area contributed by atoms with E-state index in [2.05, 4.69) is 20.0 Å². The highest BCUT2D eigenvalue weighted by Gasteiger charge is 2.17. The van der Waals surface area contributed by atoms with Crippen LogP contribution in [0.25, 0.3) is 5.65 Å². The van der Waals surface area contributed by atoms with Crippen LogP contribution in [0.4, 0.5) is 0 Å². The van der Waals surface area contributed by atoms with E-state index < -0.39 is 15.3 Å². The van der Waals surface area contributed by atoms with Gasteiger partial charge in [-0.05, 0) is 38.1 Å². The Bertz CT molecular complexity index is 1110. The Morgan fingerprint density at radius 2 is 1.93 bits per heavy atom. The van der Waals surface area contributed by atoms with Crippen LogP contribution in [0.3, 0.4) is 0 Å². The maximum Gasteiger partial charge on any atom is 0.318 e. The predicted molar refractivity (Wildman–Crippen MR) is 108 cm³/mol. The molecular formula is C18H21N5O4S2. The molecular weight excluding hydrogens is 414 g/mol. The normalized spacial score (nSPS) is 12.8. The van der Waals surface area contributed by atoms with Crippen LogP contribution in [0.5, 0.6) is 0 Å². The van der Waals surface area contributed by atoms with Gasteiger partial charge in [-0.2, -0.15) is 9.61 Å². The van der Waals surface area contributed by atoms with E-state index in [9.17, 15) is 13.2 Å². The number of hydrogen-bond acceptors (Lipinski definition) is 8. The zero-order valence-corrected chi connectivity index (χ0v) is 17.8. The molecule has 3 aromatic rings. The van der Waals surface area contributed by atoms with Gasteiger partial charge in [0.15, 0.2) is 11.5 Å². The Balaban J connectivity index is 1.69. The number of sulfonamides is 1. The summed E-state index contributed by atoms with van der Waals surface area (Å²) in [6.07, 6.45) is 0.305. The van der Waals surface area contributed by atoms with Crippen molar-refractivity contribution < 1.29 is 17.9 Å². The Morgan fingerprint density at radius 3 is 2.62 bits per heavy atom. The van der Waals surface area contributed by atoms with E-state index >= 15 is 0 Å². The van der Waals surface area contributed by atoms with Crippen molar-refractivity contribution in [3.8, 4) is 0 Å². The summed E-state index contributed by atoms with van der Waals surface area (Å²) in [5.74, 6) is 0.172. The van der Waals surface area contributed by atoms with Crippen LogP contribution in [-0.4, -0.2) is 53.1 Å². The molecule has 29 heavy (non-hydrogen) atoms. The molecule has 0 saturated carbocycles. The van der Waals surface area contributed by atoms with Gasteiger partial charge < -0.3 is 4.74 Å². The number of nitrogens with zero attached hydrogens (tertiary/aromatic N) is 4. The molecule has 3 rings (SSSR count). The number of methoxy groups -OCH3 is 1. The molecule has 0 fully saturated rings. The van der Waals surface area contributed by atoms with Gasteiger partial charge in [-0.1, -0.05) is 29.5 Å². The fraction of sp³-hybridized carbons (Fsp3) is 0.333. The molecule has 0 spiro atoms. The fourth-order valence-electron chi connectivity index (χ4n) is 2.53. The summed E-state index contributed by atoms with van der Waals surface area (Å²) in [4.78, 5) is 11.8. The van der Waals surface area contributed by atoms with Crippen molar-refractivity contribution in [3.05, 3.63) is 47.8 Å². The Morgan fingerprint density at radius 1 is 1.21 bits per heavy atom. The van der Waals surface area contributed by atoms with Crippen LogP contribution < -0.4 is 4.72 Å². The van der Waals surface area contributed by atoms with Gasteiger partial charge in [-0.15, -0.1) is 10.2 Å². The number of hydrogen-bond donors (Lipinski definition) is 1. The van der Waals surface area contributed by atoms with Crippen LogP contribution in [0.1, 0.15) is 18.3 Å². The maximum atomic E-state index is 12.4. The second-order valence-electron chi connectivity index (χ2n) is 6.30. The van der Waals surface area contributed by atoms with E-state index in [1.165, 1.54) is 18.9 Å². The number of carbonyl (C=O) groups is 1. The van der Waals surface area contributed by atoms with Crippen molar-refractivity contribution in [2.45, 2.75) is 35.4 Å². The molecule has 0 aliphatic rings. The van der Waals surface area contributed by atoms with Gasteiger partial charge in [-0.3, -0.25) is 4.79 Å². The molecule has 1 N–H and O–H groups in total. The van der Waals surface area contributed by atoms with E-state index in [1.807, 2.05) is 6.92 Å². The lowest BCUT2D eigenvalue weighted by Gasteiger charge is -2.08. The number of ether oxygens (including phenoxy) is 1. The van der Waals surface area contributed by atoms with Crippen molar-refractivity contribution in [2.75, 3.05) is 13.7 Å². The lowest BCUT2D eigenvalue weighted by Crippen LogP contribution is -2.26. The summed E-state index contributed by atoms with van der Waals surface area (Å²) >= 11 is 1.26. The van der Waals surface area contributed by atoms with Crippen LogP contribution in [-0.2, 0) is 26.0 Å². The van der Waals surface area contributed by atoms with Crippen molar-refractivity contribution in [2.24, 2.45) is 0 Å². The molecule has 0 saturated heterocycles. The third-order valence-corrected chi connectivity index (χ3v) is 6.59. The van der Waals surface area contributed by atoms with Crippen molar-refractivity contribution in [3.63, 3.8) is 0 Å². The van der Waals surface area contributed by atoms with Crippen LogP contribution in [0.15, 0.2) is 46.3 Å². The van der Waals surface area contributed by atoms with Gasteiger partial charge >= 0.3 is 5.97 Å². The number of fused-ring (bicyclic) bond motifs is 1. The molecule has 2 heterocycles. The Labute approximate surface area is 172 Å². The lowest BCUT2D eigenvalue weighted by atomic mass is 10.2. The molecule has 0 aliphatic heterocycles. The van der Waals surface area contributed by atoms with Crippen molar-refractivity contribution in [1.82, 2.24) is 24.5 Å². The first-order valence-electron chi connectivity index (χ1n) is 8.82. The first kappa shape index (κ1) is 21.2. The number of nitrogens with one attached hydrogen (secondary N) is 1.